The molecule has 3 aromatic rings. The number of para-hydroxylation sites is 1. The van der Waals surface area contributed by atoms with Crippen molar-refractivity contribution in [1.82, 2.24) is 5.32 Å². The Morgan fingerprint density at radius 2 is 1.64 bits per heavy atom. The van der Waals surface area contributed by atoms with Gasteiger partial charge in [-0.3, -0.25) is 4.79 Å². The van der Waals surface area contributed by atoms with Crippen LogP contribution in [-0.2, 0) is 0 Å². The summed E-state index contributed by atoms with van der Waals surface area (Å²) in [6.07, 6.45) is 0. The van der Waals surface area contributed by atoms with Gasteiger partial charge in [0.25, 0.3) is 5.91 Å². The summed E-state index contributed by atoms with van der Waals surface area (Å²) in [7, 11) is 1.50. The van der Waals surface area contributed by atoms with E-state index >= 15 is 0 Å². The monoisotopic (exact) mass is 337 g/mol. The van der Waals surface area contributed by atoms with Gasteiger partial charge in [0, 0.05) is 23.8 Å². The Bertz CT molecular complexity index is 1010. The second-order valence-electron chi connectivity index (χ2n) is 5.22. The van der Waals surface area contributed by atoms with E-state index in [9.17, 15) is 14.4 Å². The lowest BCUT2D eigenvalue weighted by Gasteiger charge is -2.08. The zero-order valence-corrected chi connectivity index (χ0v) is 13.3. The molecule has 0 aliphatic heterocycles. The molecule has 0 radical (unpaired) electrons. The molecule has 7 nitrogen and oxygen atoms in total. The van der Waals surface area contributed by atoms with Gasteiger partial charge < -0.3 is 20.4 Å². The van der Waals surface area contributed by atoms with Gasteiger partial charge in [-0.25, -0.2) is 9.59 Å². The van der Waals surface area contributed by atoms with Gasteiger partial charge in [0.1, 0.15) is 11.1 Å². The molecule has 3 rings (SSSR count). The molecule has 0 unspecified atom stereocenters. The van der Waals surface area contributed by atoms with Gasteiger partial charge in [-0.05, 0) is 30.3 Å². The van der Waals surface area contributed by atoms with Crippen LogP contribution in [0.4, 0.5) is 16.2 Å². The highest BCUT2D eigenvalue weighted by Crippen LogP contribution is 2.17. The highest BCUT2D eigenvalue weighted by molar-refractivity contribution is 6.05. The minimum absolute atomic E-state index is 0.0941. The maximum Gasteiger partial charge on any atom is 0.349 e. The van der Waals surface area contributed by atoms with Crippen LogP contribution in [0.15, 0.2) is 63.8 Å². The van der Waals surface area contributed by atoms with Crippen molar-refractivity contribution in [1.29, 1.82) is 0 Å². The molecule has 2 aromatic carbocycles. The third kappa shape index (κ3) is 3.66. The summed E-state index contributed by atoms with van der Waals surface area (Å²) in [6, 6.07) is 14.6. The molecule has 7 heteroatoms. The quantitative estimate of drug-likeness (QED) is 0.640. The Morgan fingerprint density at radius 1 is 0.920 bits per heavy atom. The van der Waals surface area contributed by atoms with E-state index in [1.807, 2.05) is 0 Å². The standard InChI is InChI=1S/C18H15N3O4/c1-19-18(24)21-13-7-4-6-12(10-13)20-16(22)14-9-11-5-2-3-8-15(11)25-17(14)23/h2-10H,1H3,(H,20,22)(H2,19,21,24). The summed E-state index contributed by atoms with van der Waals surface area (Å²) in [5, 5.41) is 8.31. The number of amides is 3. The summed E-state index contributed by atoms with van der Waals surface area (Å²) < 4.78 is 5.16. The topological polar surface area (TPSA) is 100 Å². The molecule has 0 bridgehead atoms. The number of fused-ring (bicyclic) bond motifs is 1. The maximum atomic E-state index is 12.4. The number of benzene rings is 2. The first-order valence-electron chi connectivity index (χ1n) is 7.50. The Kier molecular flexibility index (Phi) is 4.47. The Labute approximate surface area is 142 Å². The molecule has 126 valence electrons. The fourth-order valence-electron chi connectivity index (χ4n) is 2.29. The van der Waals surface area contributed by atoms with E-state index in [0.717, 1.165) is 0 Å². The van der Waals surface area contributed by atoms with Crippen molar-refractivity contribution in [3.63, 3.8) is 0 Å². The van der Waals surface area contributed by atoms with Crippen LogP contribution in [0.3, 0.4) is 0 Å². The Hall–Kier alpha value is -3.61. The SMILES string of the molecule is CNC(=O)Nc1cccc(NC(=O)c2cc3ccccc3oc2=O)c1. The van der Waals surface area contributed by atoms with Crippen molar-refractivity contribution < 1.29 is 14.0 Å². The molecule has 0 atom stereocenters. The number of urea groups is 1. The van der Waals surface area contributed by atoms with E-state index < -0.39 is 11.5 Å². The van der Waals surface area contributed by atoms with E-state index in [2.05, 4.69) is 16.0 Å². The fraction of sp³-hybridized carbons (Fsp3) is 0.0556. The van der Waals surface area contributed by atoms with Crippen molar-refractivity contribution in [3.05, 3.63) is 70.6 Å². The van der Waals surface area contributed by atoms with Crippen LogP contribution in [0.1, 0.15) is 10.4 Å². The van der Waals surface area contributed by atoms with Gasteiger partial charge in [-0.1, -0.05) is 24.3 Å². The number of carbonyl (C=O) groups excluding carboxylic acids is 2. The molecule has 0 spiro atoms. The van der Waals surface area contributed by atoms with Crippen LogP contribution in [0, 0.1) is 0 Å². The normalized spacial score (nSPS) is 10.3. The minimum atomic E-state index is -0.712. The number of nitrogens with one attached hydrogen (secondary N) is 3. The third-order valence-corrected chi connectivity index (χ3v) is 3.49. The van der Waals surface area contributed by atoms with Crippen LogP contribution in [0.5, 0.6) is 0 Å². The van der Waals surface area contributed by atoms with E-state index in [4.69, 9.17) is 4.42 Å². The molecule has 0 saturated carbocycles. The molecule has 0 saturated heterocycles. The summed E-state index contributed by atoms with van der Waals surface area (Å²) in [5.41, 5.74) is 0.550. The first kappa shape index (κ1) is 16.3. The van der Waals surface area contributed by atoms with E-state index in [0.29, 0.717) is 22.3 Å². The number of anilines is 2. The molecular formula is C18H15N3O4. The van der Waals surface area contributed by atoms with Crippen molar-refractivity contribution in [2.45, 2.75) is 0 Å². The van der Waals surface area contributed by atoms with Crippen LogP contribution in [-0.4, -0.2) is 19.0 Å². The van der Waals surface area contributed by atoms with Crippen molar-refractivity contribution in [2.24, 2.45) is 0 Å². The Morgan fingerprint density at radius 3 is 2.40 bits per heavy atom. The van der Waals surface area contributed by atoms with Crippen LogP contribution >= 0.6 is 0 Å². The lowest BCUT2D eigenvalue weighted by atomic mass is 10.1. The van der Waals surface area contributed by atoms with Crippen molar-refractivity contribution in [2.75, 3.05) is 17.7 Å². The van der Waals surface area contributed by atoms with Crippen LogP contribution < -0.4 is 21.6 Å². The summed E-state index contributed by atoms with van der Waals surface area (Å²) >= 11 is 0. The molecule has 25 heavy (non-hydrogen) atoms. The van der Waals surface area contributed by atoms with Crippen molar-refractivity contribution >= 4 is 34.3 Å². The molecule has 1 heterocycles. The van der Waals surface area contributed by atoms with E-state index in [1.165, 1.54) is 13.1 Å². The van der Waals surface area contributed by atoms with Gasteiger partial charge in [-0.15, -0.1) is 0 Å². The van der Waals surface area contributed by atoms with Crippen LogP contribution in [0.2, 0.25) is 0 Å². The van der Waals surface area contributed by atoms with Gasteiger partial charge >= 0.3 is 11.7 Å². The highest BCUT2D eigenvalue weighted by atomic mass is 16.4. The molecule has 0 aliphatic rings. The number of hydrogen-bond donors (Lipinski definition) is 3. The van der Waals surface area contributed by atoms with Gasteiger partial charge in [0.05, 0.1) is 0 Å². The molecule has 3 N–H and O–H groups in total. The molecule has 3 amide bonds. The van der Waals surface area contributed by atoms with Crippen LogP contribution in [0.25, 0.3) is 11.0 Å². The maximum absolute atomic E-state index is 12.4. The average molecular weight is 337 g/mol. The predicted octanol–water partition coefficient (Wildman–Crippen LogP) is 2.80. The number of rotatable bonds is 3. The first-order valence-corrected chi connectivity index (χ1v) is 7.50. The van der Waals surface area contributed by atoms with E-state index in [-0.39, 0.29) is 11.6 Å². The zero-order valence-electron chi connectivity index (χ0n) is 13.3. The lowest BCUT2D eigenvalue weighted by molar-refractivity contribution is 0.102. The van der Waals surface area contributed by atoms with Crippen molar-refractivity contribution in [3.8, 4) is 0 Å². The third-order valence-electron chi connectivity index (χ3n) is 3.49. The number of hydrogen-bond acceptors (Lipinski definition) is 4. The zero-order chi connectivity index (χ0) is 17.8. The smallest absolute Gasteiger partial charge is 0.349 e. The highest BCUT2D eigenvalue weighted by Gasteiger charge is 2.14. The van der Waals surface area contributed by atoms with E-state index in [1.54, 1.807) is 48.5 Å². The molecule has 0 fully saturated rings. The summed E-state index contributed by atoms with van der Waals surface area (Å²) in [5.74, 6) is -0.586. The van der Waals surface area contributed by atoms with Gasteiger partial charge in [-0.2, -0.15) is 0 Å². The Balaban J connectivity index is 1.85. The average Bonchev–Trinajstić information content (AvgIpc) is 2.61. The summed E-state index contributed by atoms with van der Waals surface area (Å²) in [6.45, 7) is 0. The first-order chi connectivity index (χ1) is 12.1. The second-order valence-corrected chi connectivity index (χ2v) is 5.22. The largest absolute Gasteiger partial charge is 0.422 e. The van der Waals surface area contributed by atoms with Gasteiger partial charge in [0.15, 0.2) is 0 Å². The lowest BCUT2D eigenvalue weighted by Crippen LogP contribution is -2.24. The molecule has 1 aromatic heterocycles. The predicted molar refractivity (Wildman–Crippen MR) is 95.0 cm³/mol. The minimum Gasteiger partial charge on any atom is -0.422 e. The summed E-state index contributed by atoms with van der Waals surface area (Å²) in [4.78, 5) is 35.8. The molecule has 0 aliphatic carbocycles. The second kappa shape index (κ2) is 6.88. The molecular weight excluding hydrogens is 322 g/mol. The fourth-order valence-corrected chi connectivity index (χ4v) is 2.29. The van der Waals surface area contributed by atoms with Gasteiger partial charge in [0.2, 0.25) is 0 Å². The number of carbonyl (C=O) groups is 2.